The quantitative estimate of drug-likeness (QED) is 0.580. The Morgan fingerprint density at radius 2 is 1.76 bits per heavy atom. The van der Waals surface area contributed by atoms with Crippen LogP contribution in [0.5, 0.6) is 0 Å². The Kier molecular flexibility index (Phi) is 8.37. The normalized spacial score (nSPS) is 15.1. The first kappa shape index (κ1) is 25.1. The Morgan fingerprint density at radius 1 is 1.09 bits per heavy atom. The first-order valence-corrected chi connectivity index (χ1v) is 13.2. The standard InChI is InChI=1S/C24H30ClN3O4S/c1-18(24(30)26-21-12-6-7-13-21)27(16-19-9-4-3-5-10-19)23(29)17-28(33(2,31)32)22-14-8-11-20(25)15-22/h3-5,8-11,14-15,18,21H,6-7,12-13,16-17H2,1-2H3,(H,26,30). The maximum absolute atomic E-state index is 13.5. The van der Waals surface area contributed by atoms with E-state index in [1.165, 1.54) is 11.0 Å². The minimum absolute atomic E-state index is 0.118. The molecule has 2 aromatic carbocycles. The number of nitrogens with one attached hydrogen (secondary N) is 1. The van der Waals surface area contributed by atoms with Crippen LogP contribution in [0.25, 0.3) is 0 Å². The second kappa shape index (κ2) is 11.0. The summed E-state index contributed by atoms with van der Waals surface area (Å²) in [7, 11) is -3.77. The van der Waals surface area contributed by atoms with Crippen molar-refractivity contribution in [1.82, 2.24) is 10.2 Å². The third-order valence-electron chi connectivity index (χ3n) is 5.84. The zero-order valence-electron chi connectivity index (χ0n) is 18.9. The number of amides is 2. The number of benzene rings is 2. The molecule has 1 aliphatic rings. The number of rotatable bonds is 9. The Balaban J connectivity index is 1.85. The lowest BCUT2D eigenvalue weighted by Gasteiger charge is -2.32. The van der Waals surface area contributed by atoms with Gasteiger partial charge in [0.2, 0.25) is 21.8 Å². The van der Waals surface area contributed by atoms with Gasteiger partial charge in [-0.25, -0.2) is 8.42 Å². The average molecular weight is 492 g/mol. The number of nitrogens with zero attached hydrogens (tertiary/aromatic N) is 2. The fraction of sp³-hybridized carbons (Fsp3) is 0.417. The molecule has 2 aromatic rings. The molecule has 0 radical (unpaired) electrons. The lowest BCUT2D eigenvalue weighted by Crippen LogP contribution is -2.52. The van der Waals surface area contributed by atoms with E-state index in [1.54, 1.807) is 25.1 Å². The molecule has 1 atom stereocenters. The summed E-state index contributed by atoms with van der Waals surface area (Å²) in [4.78, 5) is 27.9. The average Bonchev–Trinajstić information content (AvgIpc) is 3.28. The number of carbonyl (C=O) groups excluding carboxylic acids is 2. The summed E-state index contributed by atoms with van der Waals surface area (Å²) in [5.41, 5.74) is 1.14. The number of carbonyl (C=O) groups is 2. The Labute approximate surface area is 200 Å². The van der Waals surface area contributed by atoms with Crippen molar-refractivity contribution < 1.29 is 18.0 Å². The van der Waals surface area contributed by atoms with Crippen molar-refractivity contribution in [2.24, 2.45) is 0 Å². The summed E-state index contributed by atoms with van der Waals surface area (Å²) in [6.45, 7) is 1.43. The van der Waals surface area contributed by atoms with Gasteiger partial charge in [0.1, 0.15) is 12.6 Å². The van der Waals surface area contributed by atoms with Gasteiger partial charge in [-0.15, -0.1) is 0 Å². The molecule has 0 saturated heterocycles. The first-order valence-electron chi connectivity index (χ1n) is 11.0. The van der Waals surface area contributed by atoms with Crippen molar-refractivity contribution in [3.63, 3.8) is 0 Å². The van der Waals surface area contributed by atoms with Crippen LogP contribution in [-0.2, 0) is 26.2 Å². The van der Waals surface area contributed by atoms with Crippen molar-refractivity contribution in [3.05, 3.63) is 65.2 Å². The van der Waals surface area contributed by atoms with E-state index >= 15 is 0 Å². The predicted molar refractivity (Wildman–Crippen MR) is 130 cm³/mol. The van der Waals surface area contributed by atoms with Crippen LogP contribution in [0.1, 0.15) is 38.2 Å². The topological polar surface area (TPSA) is 86.8 Å². The van der Waals surface area contributed by atoms with Crippen LogP contribution < -0.4 is 9.62 Å². The summed E-state index contributed by atoms with van der Waals surface area (Å²) in [5, 5.41) is 3.40. The van der Waals surface area contributed by atoms with E-state index < -0.39 is 28.5 Å². The molecule has 0 spiro atoms. The van der Waals surface area contributed by atoms with Crippen LogP contribution >= 0.6 is 11.6 Å². The zero-order chi connectivity index (χ0) is 24.0. The fourth-order valence-corrected chi connectivity index (χ4v) is 5.03. The molecule has 9 heteroatoms. The van der Waals surface area contributed by atoms with Crippen LogP contribution in [0, 0.1) is 0 Å². The summed E-state index contributed by atoms with van der Waals surface area (Å²) < 4.78 is 26.1. The zero-order valence-corrected chi connectivity index (χ0v) is 20.5. The molecule has 0 heterocycles. The largest absolute Gasteiger partial charge is 0.352 e. The second-order valence-electron chi connectivity index (χ2n) is 8.42. The highest BCUT2D eigenvalue weighted by atomic mass is 35.5. The van der Waals surface area contributed by atoms with Crippen LogP contribution in [0.2, 0.25) is 5.02 Å². The van der Waals surface area contributed by atoms with Crippen molar-refractivity contribution in [2.75, 3.05) is 17.1 Å². The molecular formula is C24H30ClN3O4S. The highest BCUT2D eigenvalue weighted by Crippen LogP contribution is 2.23. The molecular weight excluding hydrogens is 462 g/mol. The van der Waals surface area contributed by atoms with Gasteiger partial charge in [0.05, 0.1) is 11.9 Å². The molecule has 33 heavy (non-hydrogen) atoms. The molecule has 178 valence electrons. The van der Waals surface area contributed by atoms with Gasteiger partial charge >= 0.3 is 0 Å². The summed E-state index contributed by atoms with van der Waals surface area (Å²) in [5.74, 6) is -0.710. The highest BCUT2D eigenvalue weighted by molar-refractivity contribution is 7.92. The van der Waals surface area contributed by atoms with Crippen LogP contribution in [0.15, 0.2) is 54.6 Å². The number of hydrogen-bond acceptors (Lipinski definition) is 4. The second-order valence-corrected chi connectivity index (χ2v) is 10.8. The Morgan fingerprint density at radius 3 is 2.36 bits per heavy atom. The summed E-state index contributed by atoms with van der Waals surface area (Å²) in [6, 6.07) is 15.0. The minimum Gasteiger partial charge on any atom is -0.352 e. The lowest BCUT2D eigenvalue weighted by atomic mass is 10.1. The lowest BCUT2D eigenvalue weighted by molar-refractivity contribution is -0.139. The van der Waals surface area contributed by atoms with Crippen LogP contribution in [-0.4, -0.2) is 50.0 Å². The third kappa shape index (κ3) is 6.95. The monoisotopic (exact) mass is 491 g/mol. The number of hydrogen-bond donors (Lipinski definition) is 1. The molecule has 2 amide bonds. The predicted octanol–water partition coefficient (Wildman–Crippen LogP) is 3.58. The van der Waals surface area contributed by atoms with Gasteiger partial charge in [-0.3, -0.25) is 13.9 Å². The molecule has 1 saturated carbocycles. The molecule has 1 N–H and O–H groups in total. The smallest absolute Gasteiger partial charge is 0.244 e. The number of sulfonamides is 1. The molecule has 0 aromatic heterocycles. The maximum Gasteiger partial charge on any atom is 0.244 e. The minimum atomic E-state index is -3.77. The number of anilines is 1. The first-order chi connectivity index (χ1) is 15.6. The van der Waals surface area contributed by atoms with Crippen molar-refractivity contribution >= 4 is 39.1 Å². The van der Waals surface area contributed by atoms with Gasteiger partial charge in [-0.05, 0) is 43.5 Å². The van der Waals surface area contributed by atoms with E-state index in [-0.39, 0.29) is 18.5 Å². The van der Waals surface area contributed by atoms with Crippen LogP contribution in [0.4, 0.5) is 5.69 Å². The van der Waals surface area contributed by atoms with E-state index in [1.807, 2.05) is 30.3 Å². The van der Waals surface area contributed by atoms with Gasteiger partial charge < -0.3 is 10.2 Å². The Bertz CT molecular complexity index is 1070. The van der Waals surface area contributed by atoms with Gasteiger partial charge in [-0.2, -0.15) is 0 Å². The van der Waals surface area contributed by atoms with E-state index in [2.05, 4.69) is 5.32 Å². The molecule has 0 bridgehead atoms. The van der Waals surface area contributed by atoms with Gasteiger partial charge in [0, 0.05) is 17.6 Å². The van der Waals surface area contributed by atoms with Crippen molar-refractivity contribution in [1.29, 1.82) is 0 Å². The molecule has 1 fully saturated rings. The third-order valence-corrected chi connectivity index (χ3v) is 7.22. The van der Waals surface area contributed by atoms with Gasteiger partial charge in [-0.1, -0.05) is 60.8 Å². The van der Waals surface area contributed by atoms with Gasteiger partial charge in [0.15, 0.2) is 0 Å². The SMILES string of the molecule is CC(C(=O)NC1CCCC1)N(Cc1ccccc1)C(=O)CN(c1cccc(Cl)c1)S(C)(=O)=O. The maximum atomic E-state index is 13.5. The molecule has 1 aliphatic carbocycles. The molecule has 3 rings (SSSR count). The van der Waals surface area contributed by atoms with Crippen molar-refractivity contribution in [2.45, 2.75) is 51.2 Å². The van der Waals surface area contributed by atoms with E-state index in [9.17, 15) is 18.0 Å². The number of halogens is 1. The van der Waals surface area contributed by atoms with Crippen molar-refractivity contribution in [3.8, 4) is 0 Å². The molecule has 7 nitrogen and oxygen atoms in total. The fourth-order valence-electron chi connectivity index (χ4n) is 4.00. The van der Waals surface area contributed by atoms with Gasteiger partial charge in [0.25, 0.3) is 0 Å². The summed E-state index contributed by atoms with van der Waals surface area (Å²) >= 11 is 6.05. The Hall–Kier alpha value is -2.58. The summed E-state index contributed by atoms with van der Waals surface area (Å²) in [6.07, 6.45) is 5.06. The van der Waals surface area contributed by atoms with Crippen LogP contribution in [0.3, 0.4) is 0 Å². The van der Waals surface area contributed by atoms with E-state index in [0.29, 0.717) is 10.7 Å². The highest BCUT2D eigenvalue weighted by Gasteiger charge is 2.31. The van der Waals surface area contributed by atoms with E-state index in [4.69, 9.17) is 11.6 Å². The molecule has 1 unspecified atom stereocenters. The molecule has 0 aliphatic heterocycles. The van der Waals surface area contributed by atoms with E-state index in [0.717, 1.165) is 41.8 Å².